The summed E-state index contributed by atoms with van der Waals surface area (Å²) in [6.45, 7) is 11.5. The number of carbonyl (C=O) groups is 3. The van der Waals surface area contributed by atoms with E-state index in [1.54, 1.807) is 19.2 Å². The van der Waals surface area contributed by atoms with E-state index in [-0.39, 0.29) is 43.3 Å². The number of carboxylic acids is 1. The van der Waals surface area contributed by atoms with Crippen molar-refractivity contribution in [1.82, 2.24) is 4.90 Å². The number of carboxylic acid groups (broad SMARTS) is 1. The molecular weight excluding hydrogens is 438 g/mol. The van der Waals surface area contributed by atoms with Crippen LogP contribution >= 0.6 is 0 Å². The van der Waals surface area contributed by atoms with Gasteiger partial charge in [0.25, 0.3) is 5.91 Å². The van der Waals surface area contributed by atoms with Crippen LogP contribution in [0.5, 0.6) is 5.75 Å². The summed E-state index contributed by atoms with van der Waals surface area (Å²) in [5.41, 5.74) is -0.391. The van der Waals surface area contributed by atoms with E-state index in [0.717, 1.165) is 5.56 Å². The zero-order chi connectivity index (χ0) is 25.8. The number of hydrogen-bond acceptors (Lipinski definition) is 6. The lowest BCUT2D eigenvalue weighted by Crippen LogP contribution is -2.57. The highest BCUT2D eigenvalue weighted by Crippen LogP contribution is 2.44. The number of nitrogens with zero attached hydrogens (tertiary/aromatic N) is 1. The van der Waals surface area contributed by atoms with Crippen LogP contribution in [0.1, 0.15) is 70.3 Å². The number of carbonyl (C=O) groups excluding carboxylic acids is 2. The average Bonchev–Trinajstić information content (AvgIpc) is 3.04. The van der Waals surface area contributed by atoms with Gasteiger partial charge in [-0.15, -0.1) is 0 Å². The van der Waals surface area contributed by atoms with Crippen molar-refractivity contribution in [3.63, 3.8) is 0 Å². The van der Waals surface area contributed by atoms with Gasteiger partial charge in [-0.3, -0.25) is 9.59 Å². The van der Waals surface area contributed by atoms with Crippen LogP contribution in [-0.2, 0) is 24.5 Å². The highest BCUT2D eigenvalue weighted by molar-refractivity contribution is 5.99. The molecule has 2 rings (SSSR count). The first kappa shape index (κ1) is 27.6. The van der Waals surface area contributed by atoms with E-state index < -0.39 is 29.4 Å². The number of methoxy groups -OCH3 is 2. The fourth-order valence-electron chi connectivity index (χ4n) is 5.06. The highest BCUT2D eigenvalue weighted by Gasteiger charge is 2.58. The van der Waals surface area contributed by atoms with Crippen LogP contribution in [0.25, 0.3) is 0 Å². The third kappa shape index (κ3) is 5.71. The van der Waals surface area contributed by atoms with Crippen LogP contribution in [-0.4, -0.2) is 66.9 Å². The fraction of sp³-hybridized carbons (Fsp3) is 0.654. The summed E-state index contributed by atoms with van der Waals surface area (Å²) in [6, 6.07) is 4.58. The minimum atomic E-state index is -1.45. The van der Waals surface area contributed by atoms with E-state index >= 15 is 0 Å². The molecule has 0 spiro atoms. The topological polar surface area (TPSA) is 102 Å². The molecule has 3 atom stereocenters. The number of amides is 1. The molecule has 0 bridgehead atoms. The standard InChI is InChI=1S/C26H39NO7/c1-16(2)12-26(24(30)31)13-19(14-32-7)21(15-34-17(3)28)27(26)23(29)18-9-10-20(25(4,5)6)22(11-18)33-8/h9-11,16,19,21H,12-15H2,1-8H3,(H,30,31)/t19-,21+,26+/m1/s1. The molecule has 1 saturated heterocycles. The predicted molar refractivity (Wildman–Crippen MR) is 128 cm³/mol. The van der Waals surface area contributed by atoms with Gasteiger partial charge in [-0.05, 0) is 41.9 Å². The van der Waals surface area contributed by atoms with E-state index in [1.165, 1.54) is 18.9 Å². The Labute approximate surface area is 202 Å². The monoisotopic (exact) mass is 477 g/mol. The van der Waals surface area contributed by atoms with E-state index in [1.807, 2.05) is 19.9 Å². The van der Waals surface area contributed by atoms with Crippen LogP contribution in [0.2, 0.25) is 0 Å². The van der Waals surface area contributed by atoms with E-state index in [0.29, 0.717) is 11.3 Å². The van der Waals surface area contributed by atoms with Gasteiger partial charge in [0.2, 0.25) is 0 Å². The third-order valence-electron chi connectivity index (χ3n) is 6.39. The molecule has 0 unspecified atom stereocenters. The lowest BCUT2D eigenvalue weighted by molar-refractivity contribution is -0.151. The number of benzene rings is 1. The summed E-state index contributed by atoms with van der Waals surface area (Å²) in [6.07, 6.45) is 0.477. The van der Waals surface area contributed by atoms with Crippen molar-refractivity contribution in [3.05, 3.63) is 29.3 Å². The van der Waals surface area contributed by atoms with Gasteiger partial charge in [0.15, 0.2) is 0 Å². The third-order valence-corrected chi connectivity index (χ3v) is 6.39. The molecule has 1 aliphatic rings. The first-order valence-corrected chi connectivity index (χ1v) is 11.7. The van der Waals surface area contributed by atoms with Crippen LogP contribution in [0, 0.1) is 11.8 Å². The molecule has 190 valence electrons. The zero-order valence-electron chi connectivity index (χ0n) is 21.6. The number of rotatable bonds is 9. The van der Waals surface area contributed by atoms with Crippen molar-refractivity contribution >= 4 is 17.8 Å². The fourth-order valence-corrected chi connectivity index (χ4v) is 5.06. The van der Waals surface area contributed by atoms with Gasteiger partial charge in [-0.1, -0.05) is 40.7 Å². The van der Waals surface area contributed by atoms with Crippen molar-refractivity contribution in [2.75, 3.05) is 27.4 Å². The van der Waals surface area contributed by atoms with E-state index in [4.69, 9.17) is 14.2 Å². The Bertz CT molecular complexity index is 905. The maximum absolute atomic E-state index is 14.0. The SMILES string of the molecule is COC[C@H]1C[C@@](CC(C)C)(C(=O)O)N(C(=O)c2ccc(C(C)(C)C)c(OC)c2)[C@H]1COC(C)=O. The van der Waals surface area contributed by atoms with Gasteiger partial charge < -0.3 is 24.2 Å². The average molecular weight is 478 g/mol. The molecular formula is C26H39NO7. The lowest BCUT2D eigenvalue weighted by Gasteiger charge is -2.39. The Balaban J connectivity index is 2.66. The van der Waals surface area contributed by atoms with Crippen LogP contribution in [0.15, 0.2) is 18.2 Å². The van der Waals surface area contributed by atoms with Gasteiger partial charge in [-0.25, -0.2) is 4.79 Å². The maximum Gasteiger partial charge on any atom is 0.329 e. The molecule has 0 aromatic heterocycles. The Morgan fingerprint density at radius 1 is 1.18 bits per heavy atom. The van der Waals surface area contributed by atoms with Gasteiger partial charge in [-0.2, -0.15) is 0 Å². The Hall–Kier alpha value is -2.61. The lowest BCUT2D eigenvalue weighted by atomic mass is 9.83. The molecule has 8 heteroatoms. The second-order valence-corrected chi connectivity index (χ2v) is 10.6. The summed E-state index contributed by atoms with van der Waals surface area (Å²) < 4.78 is 16.3. The second-order valence-electron chi connectivity index (χ2n) is 10.6. The van der Waals surface area contributed by atoms with Crippen LogP contribution in [0.4, 0.5) is 0 Å². The van der Waals surface area contributed by atoms with Gasteiger partial charge >= 0.3 is 11.9 Å². The minimum Gasteiger partial charge on any atom is -0.496 e. The number of esters is 1. The first-order valence-electron chi connectivity index (χ1n) is 11.7. The minimum absolute atomic E-state index is 0.0138. The summed E-state index contributed by atoms with van der Waals surface area (Å²) >= 11 is 0. The molecule has 1 aromatic carbocycles. The molecule has 1 heterocycles. The molecule has 1 amide bonds. The van der Waals surface area contributed by atoms with E-state index in [2.05, 4.69) is 20.8 Å². The van der Waals surface area contributed by atoms with Gasteiger partial charge in [0, 0.05) is 25.5 Å². The number of aliphatic carboxylic acids is 1. The Morgan fingerprint density at radius 2 is 1.82 bits per heavy atom. The van der Waals surface area contributed by atoms with Crippen molar-refractivity contribution < 1.29 is 33.7 Å². The molecule has 0 radical (unpaired) electrons. The van der Waals surface area contributed by atoms with Crippen molar-refractivity contribution in [2.45, 2.75) is 71.4 Å². The molecule has 0 saturated carbocycles. The molecule has 0 aliphatic carbocycles. The second kappa shape index (κ2) is 10.8. The van der Waals surface area contributed by atoms with E-state index in [9.17, 15) is 19.5 Å². The summed E-state index contributed by atoms with van der Waals surface area (Å²) in [5.74, 6) is -1.72. The first-order chi connectivity index (χ1) is 15.8. The van der Waals surface area contributed by atoms with Crippen LogP contribution < -0.4 is 4.74 Å². The van der Waals surface area contributed by atoms with Crippen molar-refractivity contribution in [1.29, 1.82) is 0 Å². The normalized spacial score (nSPS) is 22.7. The van der Waals surface area contributed by atoms with Crippen LogP contribution in [0.3, 0.4) is 0 Å². The number of likely N-dealkylation sites (tertiary alicyclic amines) is 1. The Morgan fingerprint density at radius 3 is 2.29 bits per heavy atom. The molecule has 1 aromatic rings. The quantitative estimate of drug-likeness (QED) is 0.538. The highest BCUT2D eigenvalue weighted by atomic mass is 16.5. The predicted octanol–water partition coefficient (Wildman–Crippen LogP) is 3.90. The largest absolute Gasteiger partial charge is 0.496 e. The summed E-state index contributed by atoms with van der Waals surface area (Å²) in [5, 5.41) is 10.4. The Kier molecular flexibility index (Phi) is 8.75. The zero-order valence-corrected chi connectivity index (χ0v) is 21.6. The smallest absolute Gasteiger partial charge is 0.329 e. The van der Waals surface area contributed by atoms with Crippen molar-refractivity contribution in [2.24, 2.45) is 11.8 Å². The molecule has 1 aliphatic heterocycles. The van der Waals surface area contributed by atoms with Gasteiger partial charge in [0.05, 0.1) is 19.8 Å². The molecule has 1 fully saturated rings. The summed E-state index contributed by atoms with van der Waals surface area (Å²) in [4.78, 5) is 39.8. The molecule has 8 nitrogen and oxygen atoms in total. The summed E-state index contributed by atoms with van der Waals surface area (Å²) in [7, 11) is 3.08. The molecule has 34 heavy (non-hydrogen) atoms. The molecule has 1 N–H and O–H groups in total. The van der Waals surface area contributed by atoms with Gasteiger partial charge in [0.1, 0.15) is 17.9 Å². The number of ether oxygens (including phenoxy) is 3. The maximum atomic E-state index is 14.0. The number of hydrogen-bond donors (Lipinski definition) is 1. The van der Waals surface area contributed by atoms with Crippen molar-refractivity contribution in [3.8, 4) is 5.75 Å².